The second-order valence-corrected chi connectivity index (χ2v) is 7.20. The van der Waals surface area contributed by atoms with Crippen molar-refractivity contribution < 1.29 is 9.18 Å². The first-order chi connectivity index (χ1) is 15.0. The van der Waals surface area contributed by atoms with Crippen molar-refractivity contribution in [2.24, 2.45) is 4.99 Å². The van der Waals surface area contributed by atoms with Crippen LogP contribution in [0.5, 0.6) is 0 Å². The van der Waals surface area contributed by atoms with Crippen LogP contribution in [-0.4, -0.2) is 53.7 Å². The molecule has 0 unspecified atom stereocenters. The smallest absolute Gasteiger partial charge is 0.241 e. The van der Waals surface area contributed by atoms with E-state index in [1.165, 1.54) is 22.6 Å². The third-order valence-corrected chi connectivity index (χ3v) is 4.59. The van der Waals surface area contributed by atoms with E-state index >= 15 is 0 Å². The van der Waals surface area contributed by atoms with E-state index in [2.05, 4.69) is 32.9 Å². The average Bonchev–Trinajstić information content (AvgIpc) is 3.25. The molecule has 2 aromatic carbocycles. The predicted molar refractivity (Wildman–Crippen MR) is 120 cm³/mol. The summed E-state index contributed by atoms with van der Waals surface area (Å²) in [5.74, 6) is 0.214. The Hall–Kier alpha value is -3.68. The molecule has 1 amide bonds. The van der Waals surface area contributed by atoms with Crippen LogP contribution in [0.1, 0.15) is 11.3 Å². The SMILES string of the molecule is CN(C)C(=O)CNC(=NCc1ccn(-c2ccc(F)cc2)n1)NCCc1ccccc1. The van der Waals surface area contributed by atoms with E-state index in [1.807, 2.05) is 30.5 Å². The van der Waals surface area contributed by atoms with Crippen molar-refractivity contribution in [3.05, 3.63) is 83.9 Å². The van der Waals surface area contributed by atoms with Crippen molar-refractivity contribution in [3.63, 3.8) is 0 Å². The fourth-order valence-electron chi connectivity index (χ4n) is 2.81. The summed E-state index contributed by atoms with van der Waals surface area (Å²) in [4.78, 5) is 18.0. The summed E-state index contributed by atoms with van der Waals surface area (Å²) in [7, 11) is 3.43. The van der Waals surface area contributed by atoms with E-state index < -0.39 is 0 Å². The van der Waals surface area contributed by atoms with Gasteiger partial charge in [-0.1, -0.05) is 30.3 Å². The Morgan fingerprint density at radius 2 is 1.81 bits per heavy atom. The third-order valence-electron chi connectivity index (χ3n) is 4.59. The maximum Gasteiger partial charge on any atom is 0.241 e. The van der Waals surface area contributed by atoms with Crippen LogP contribution in [-0.2, 0) is 17.8 Å². The van der Waals surface area contributed by atoms with Crippen LogP contribution in [0.15, 0.2) is 71.9 Å². The molecular formula is C23H27FN6O. The number of amides is 1. The van der Waals surface area contributed by atoms with Crippen LogP contribution in [0.3, 0.4) is 0 Å². The Bertz CT molecular complexity index is 998. The van der Waals surface area contributed by atoms with E-state index in [4.69, 9.17) is 0 Å². The standard InChI is InChI=1S/C23H27FN6O/c1-29(2)22(31)17-27-23(25-14-12-18-6-4-3-5-7-18)26-16-20-13-15-30(28-20)21-10-8-19(24)9-11-21/h3-11,13,15H,12,14,16-17H2,1-2H3,(H2,25,26,27). The molecule has 0 aliphatic rings. The van der Waals surface area contributed by atoms with Crippen molar-refractivity contribution >= 4 is 11.9 Å². The van der Waals surface area contributed by atoms with E-state index in [-0.39, 0.29) is 18.3 Å². The van der Waals surface area contributed by atoms with Crippen molar-refractivity contribution in [1.29, 1.82) is 0 Å². The first-order valence-corrected chi connectivity index (χ1v) is 10.1. The summed E-state index contributed by atoms with van der Waals surface area (Å²) in [6, 6.07) is 18.1. The molecule has 0 radical (unpaired) electrons. The third kappa shape index (κ3) is 6.95. The van der Waals surface area contributed by atoms with Gasteiger partial charge >= 0.3 is 0 Å². The van der Waals surface area contributed by atoms with Crippen molar-refractivity contribution in [3.8, 4) is 5.69 Å². The molecule has 2 N–H and O–H groups in total. The highest BCUT2D eigenvalue weighted by molar-refractivity contribution is 5.86. The Labute approximate surface area is 181 Å². The van der Waals surface area contributed by atoms with Gasteiger partial charge < -0.3 is 15.5 Å². The molecule has 8 heteroatoms. The molecule has 0 fully saturated rings. The second-order valence-electron chi connectivity index (χ2n) is 7.20. The molecule has 3 rings (SSSR count). The number of rotatable bonds is 8. The number of aromatic nitrogens is 2. The lowest BCUT2D eigenvalue weighted by Gasteiger charge is -2.15. The Kier molecular flexibility index (Phi) is 7.75. The first-order valence-electron chi connectivity index (χ1n) is 10.1. The number of likely N-dealkylation sites (N-methyl/N-ethyl adjacent to an activating group) is 1. The van der Waals surface area contributed by atoms with Gasteiger partial charge in [-0.2, -0.15) is 5.10 Å². The summed E-state index contributed by atoms with van der Waals surface area (Å²) >= 11 is 0. The molecule has 0 saturated carbocycles. The lowest BCUT2D eigenvalue weighted by atomic mass is 10.1. The normalized spacial score (nSPS) is 11.3. The molecule has 0 aliphatic carbocycles. The summed E-state index contributed by atoms with van der Waals surface area (Å²) in [6.07, 6.45) is 2.64. The fraction of sp³-hybridized carbons (Fsp3) is 0.261. The Morgan fingerprint density at radius 3 is 2.52 bits per heavy atom. The highest BCUT2D eigenvalue weighted by atomic mass is 19.1. The minimum Gasteiger partial charge on any atom is -0.356 e. The number of hydrogen-bond acceptors (Lipinski definition) is 3. The molecule has 31 heavy (non-hydrogen) atoms. The van der Waals surface area contributed by atoms with Gasteiger partial charge in [0.15, 0.2) is 5.96 Å². The molecule has 162 valence electrons. The molecule has 1 aromatic heterocycles. The van der Waals surface area contributed by atoms with E-state index in [0.29, 0.717) is 19.0 Å². The number of carbonyl (C=O) groups is 1. The van der Waals surface area contributed by atoms with Gasteiger partial charge in [0, 0.05) is 26.8 Å². The van der Waals surface area contributed by atoms with Gasteiger partial charge in [-0.25, -0.2) is 14.1 Å². The summed E-state index contributed by atoms with van der Waals surface area (Å²) in [6.45, 7) is 1.16. The quantitative estimate of drug-likeness (QED) is 0.432. The second kappa shape index (κ2) is 10.9. The lowest BCUT2D eigenvalue weighted by molar-refractivity contribution is -0.127. The zero-order valence-electron chi connectivity index (χ0n) is 17.8. The Morgan fingerprint density at radius 1 is 1.06 bits per heavy atom. The number of halogens is 1. The van der Waals surface area contributed by atoms with Crippen molar-refractivity contribution in [1.82, 2.24) is 25.3 Å². The minimum atomic E-state index is -0.287. The van der Waals surface area contributed by atoms with Gasteiger partial charge in [-0.15, -0.1) is 0 Å². The molecule has 1 heterocycles. The molecular weight excluding hydrogens is 395 g/mol. The van der Waals surface area contributed by atoms with Gasteiger partial charge in [-0.3, -0.25) is 4.79 Å². The molecule has 0 atom stereocenters. The molecule has 0 bridgehead atoms. The number of carbonyl (C=O) groups excluding carboxylic acids is 1. The van der Waals surface area contributed by atoms with E-state index in [9.17, 15) is 9.18 Å². The highest BCUT2D eigenvalue weighted by Gasteiger charge is 2.07. The molecule has 0 aliphatic heterocycles. The number of benzene rings is 2. The highest BCUT2D eigenvalue weighted by Crippen LogP contribution is 2.09. The van der Waals surface area contributed by atoms with E-state index in [0.717, 1.165) is 17.8 Å². The summed E-state index contributed by atoms with van der Waals surface area (Å²) < 4.78 is 14.8. The lowest BCUT2D eigenvalue weighted by Crippen LogP contribution is -2.43. The fourth-order valence-corrected chi connectivity index (χ4v) is 2.81. The van der Waals surface area contributed by atoms with Crippen LogP contribution in [0.4, 0.5) is 4.39 Å². The number of guanidine groups is 1. The van der Waals surface area contributed by atoms with Crippen LogP contribution in [0.2, 0.25) is 0 Å². The van der Waals surface area contributed by atoms with Crippen molar-refractivity contribution in [2.45, 2.75) is 13.0 Å². The van der Waals surface area contributed by atoms with Crippen LogP contribution >= 0.6 is 0 Å². The number of hydrogen-bond donors (Lipinski definition) is 2. The van der Waals surface area contributed by atoms with Gasteiger partial charge in [0.25, 0.3) is 0 Å². The van der Waals surface area contributed by atoms with Gasteiger partial charge in [-0.05, 0) is 42.3 Å². The largest absolute Gasteiger partial charge is 0.356 e. The first kappa shape index (κ1) is 22.0. The zero-order valence-corrected chi connectivity index (χ0v) is 17.8. The topological polar surface area (TPSA) is 74.5 Å². The number of aliphatic imine (C=N–C) groups is 1. The monoisotopic (exact) mass is 422 g/mol. The van der Waals surface area contributed by atoms with Gasteiger partial charge in [0.05, 0.1) is 24.5 Å². The molecule has 0 spiro atoms. The molecule has 0 saturated heterocycles. The van der Waals surface area contributed by atoms with Crippen LogP contribution in [0, 0.1) is 5.82 Å². The van der Waals surface area contributed by atoms with Crippen molar-refractivity contribution in [2.75, 3.05) is 27.2 Å². The van der Waals surface area contributed by atoms with E-state index in [1.54, 1.807) is 30.9 Å². The molecule has 7 nitrogen and oxygen atoms in total. The Balaban J connectivity index is 1.62. The maximum absolute atomic E-state index is 13.1. The van der Waals surface area contributed by atoms with Gasteiger partial charge in [0.2, 0.25) is 5.91 Å². The molecule has 3 aromatic rings. The average molecular weight is 423 g/mol. The predicted octanol–water partition coefficient (Wildman–Crippen LogP) is 2.38. The summed E-state index contributed by atoms with van der Waals surface area (Å²) in [5, 5.41) is 10.8. The summed E-state index contributed by atoms with van der Waals surface area (Å²) in [5.41, 5.74) is 2.75. The zero-order chi connectivity index (χ0) is 22.1. The van der Waals surface area contributed by atoms with Gasteiger partial charge in [0.1, 0.15) is 5.82 Å². The number of nitrogens with one attached hydrogen (secondary N) is 2. The number of nitrogens with zero attached hydrogens (tertiary/aromatic N) is 4. The minimum absolute atomic E-state index is 0.0434. The maximum atomic E-state index is 13.1. The van der Waals surface area contributed by atoms with Crippen LogP contribution < -0.4 is 10.6 Å². The van der Waals surface area contributed by atoms with Crippen LogP contribution in [0.25, 0.3) is 5.69 Å².